The van der Waals surface area contributed by atoms with Gasteiger partial charge in [0.05, 0.1) is 24.8 Å². The predicted molar refractivity (Wildman–Crippen MR) is 100 cm³/mol. The average molecular weight is 382 g/mol. The molecule has 7 heteroatoms. The van der Waals surface area contributed by atoms with E-state index in [9.17, 15) is 9.59 Å². The van der Waals surface area contributed by atoms with Crippen LogP contribution in [0.1, 0.15) is 52.3 Å². The molecule has 2 rings (SSSR count). The van der Waals surface area contributed by atoms with Crippen LogP contribution < -0.4 is 10.1 Å². The van der Waals surface area contributed by atoms with Gasteiger partial charge in [-0.2, -0.15) is 0 Å². The lowest BCUT2D eigenvalue weighted by Crippen LogP contribution is -2.15. The molecule has 1 heterocycles. The third-order valence-electron chi connectivity index (χ3n) is 3.45. The molecule has 1 N–H and O–H groups in total. The minimum absolute atomic E-state index is 0.226. The van der Waals surface area contributed by atoms with Gasteiger partial charge >= 0.3 is 5.97 Å². The van der Waals surface area contributed by atoms with Gasteiger partial charge in [-0.05, 0) is 37.1 Å². The van der Waals surface area contributed by atoms with Crippen LogP contribution in [-0.2, 0) is 4.74 Å². The molecule has 0 bridgehead atoms. The lowest BCUT2D eigenvalue weighted by molar-refractivity contribution is 0.0528. The zero-order chi connectivity index (χ0) is 18.6. The Kier molecular flexibility index (Phi) is 6.45. The Morgan fingerprint density at radius 3 is 2.56 bits per heavy atom. The normalized spacial score (nSPS) is 10.6. The van der Waals surface area contributed by atoms with Gasteiger partial charge in [-0.1, -0.05) is 25.4 Å². The quantitative estimate of drug-likeness (QED) is 0.718. The SMILES string of the molecule is CCOC(=O)c1cc(C(C)C)sc1NC(=O)c1cc(Cl)ccc1OC. The second-order valence-corrected chi connectivity index (χ2v) is 7.09. The topological polar surface area (TPSA) is 64.6 Å². The summed E-state index contributed by atoms with van der Waals surface area (Å²) in [7, 11) is 1.48. The molecule has 0 fully saturated rings. The van der Waals surface area contributed by atoms with Gasteiger partial charge in [0.1, 0.15) is 10.8 Å². The van der Waals surface area contributed by atoms with Crippen molar-refractivity contribution in [2.24, 2.45) is 0 Å². The van der Waals surface area contributed by atoms with Crippen LogP contribution in [0, 0.1) is 0 Å². The molecule has 2 aromatic rings. The van der Waals surface area contributed by atoms with Crippen molar-refractivity contribution in [2.45, 2.75) is 26.7 Å². The van der Waals surface area contributed by atoms with Crippen molar-refractivity contribution in [1.82, 2.24) is 0 Å². The zero-order valence-corrected chi connectivity index (χ0v) is 16.1. The molecule has 0 aliphatic carbocycles. The van der Waals surface area contributed by atoms with Crippen LogP contribution in [0.5, 0.6) is 5.75 Å². The minimum atomic E-state index is -0.459. The molecule has 134 valence electrons. The predicted octanol–water partition coefficient (Wildman–Crippen LogP) is 4.96. The second kappa shape index (κ2) is 8.36. The monoisotopic (exact) mass is 381 g/mol. The minimum Gasteiger partial charge on any atom is -0.496 e. The number of carbonyl (C=O) groups is 2. The zero-order valence-electron chi connectivity index (χ0n) is 14.5. The standard InChI is InChI=1S/C18H20ClNO4S/c1-5-24-18(22)13-9-15(10(2)3)25-17(13)20-16(21)12-8-11(19)6-7-14(12)23-4/h6-10H,5H2,1-4H3,(H,20,21). The summed E-state index contributed by atoms with van der Waals surface area (Å²) in [6.45, 7) is 6.04. The summed E-state index contributed by atoms with van der Waals surface area (Å²) in [5, 5.41) is 3.66. The van der Waals surface area contributed by atoms with Gasteiger partial charge in [-0.15, -0.1) is 11.3 Å². The number of ether oxygens (including phenoxy) is 2. The van der Waals surface area contributed by atoms with Crippen LogP contribution in [0.25, 0.3) is 0 Å². The molecule has 0 atom stereocenters. The largest absolute Gasteiger partial charge is 0.496 e. The molecule has 0 radical (unpaired) electrons. The van der Waals surface area contributed by atoms with E-state index in [1.807, 2.05) is 13.8 Å². The van der Waals surface area contributed by atoms with Gasteiger partial charge in [-0.25, -0.2) is 4.79 Å². The van der Waals surface area contributed by atoms with Gasteiger partial charge in [0.25, 0.3) is 5.91 Å². The first-order valence-corrected chi connectivity index (χ1v) is 9.02. The molecular weight excluding hydrogens is 362 g/mol. The average Bonchev–Trinajstić information content (AvgIpc) is 2.99. The first kappa shape index (κ1) is 19.3. The lowest BCUT2D eigenvalue weighted by atomic mass is 10.1. The van der Waals surface area contributed by atoms with Crippen molar-refractivity contribution in [3.63, 3.8) is 0 Å². The number of thiophene rings is 1. The van der Waals surface area contributed by atoms with Crippen molar-refractivity contribution >= 4 is 39.8 Å². The van der Waals surface area contributed by atoms with E-state index in [0.29, 0.717) is 26.9 Å². The smallest absolute Gasteiger partial charge is 0.341 e. The van der Waals surface area contributed by atoms with E-state index in [1.165, 1.54) is 24.5 Å². The van der Waals surface area contributed by atoms with Crippen LogP contribution >= 0.6 is 22.9 Å². The highest BCUT2D eigenvalue weighted by atomic mass is 35.5. The number of amides is 1. The molecule has 1 amide bonds. The molecule has 0 saturated heterocycles. The summed E-state index contributed by atoms with van der Waals surface area (Å²) in [4.78, 5) is 25.8. The Morgan fingerprint density at radius 1 is 1.24 bits per heavy atom. The van der Waals surface area contributed by atoms with Crippen LogP contribution in [0.15, 0.2) is 24.3 Å². The van der Waals surface area contributed by atoms with E-state index >= 15 is 0 Å². The van der Waals surface area contributed by atoms with Gasteiger partial charge in [0.2, 0.25) is 0 Å². The molecule has 0 saturated carbocycles. The van der Waals surface area contributed by atoms with Gasteiger partial charge < -0.3 is 14.8 Å². The van der Waals surface area contributed by atoms with E-state index in [-0.39, 0.29) is 12.5 Å². The molecule has 1 aromatic heterocycles. The van der Waals surface area contributed by atoms with Crippen LogP contribution in [0.3, 0.4) is 0 Å². The van der Waals surface area contributed by atoms with Crippen LogP contribution in [0.4, 0.5) is 5.00 Å². The summed E-state index contributed by atoms with van der Waals surface area (Å²) >= 11 is 7.34. The van der Waals surface area contributed by atoms with Gasteiger partial charge in [0.15, 0.2) is 0 Å². The molecule has 0 aliphatic heterocycles. The Morgan fingerprint density at radius 2 is 1.96 bits per heavy atom. The Bertz CT molecular complexity index is 785. The maximum atomic E-state index is 12.7. The van der Waals surface area contributed by atoms with Crippen molar-refractivity contribution in [3.8, 4) is 5.75 Å². The Labute approximate surface area is 155 Å². The van der Waals surface area contributed by atoms with Crippen molar-refractivity contribution in [1.29, 1.82) is 0 Å². The van der Waals surface area contributed by atoms with Crippen LogP contribution in [-0.4, -0.2) is 25.6 Å². The van der Waals surface area contributed by atoms with Crippen molar-refractivity contribution in [2.75, 3.05) is 19.0 Å². The fraction of sp³-hybridized carbons (Fsp3) is 0.333. The third-order valence-corrected chi connectivity index (χ3v) is 5.03. The van der Waals surface area contributed by atoms with E-state index in [0.717, 1.165) is 4.88 Å². The maximum Gasteiger partial charge on any atom is 0.341 e. The maximum absolute atomic E-state index is 12.7. The summed E-state index contributed by atoms with van der Waals surface area (Å²) in [6, 6.07) is 6.55. The number of methoxy groups -OCH3 is 1. The summed E-state index contributed by atoms with van der Waals surface area (Å²) in [5.74, 6) is -0.231. The molecule has 25 heavy (non-hydrogen) atoms. The fourth-order valence-electron chi connectivity index (χ4n) is 2.18. The number of halogens is 1. The third kappa shape index (κ3) is 4.52. The summed E-state index contributed by atoms with van der Waals surface area (Å²) in [6.07, 6.45) is 0. The lowest BCUT2D eigenvalue weighted by Gasteiger charge is -2.10. The van der Waals surface area contributed by atoms with E-state index in [4.69, 9.17) is 21.1 Å². The molecular formula is C18H20ClNO4S. The molecule has 0 unspecified atom stereocenters. The van der Waals surface area contributed by atoms with Crippen molar-refractivity contribution in [3.05, 3.63) is 45.3 Å². The molecule has 0 aliphatic rings. The highest BCUT2D eigenvalue weighted by Gasteiger charge is 2.22. The van der Waals surface area contributed by atoms with E-state index in [2.05, 4.69) is 5.32 Å². The number of nitrogens with one attached hydrogen (secondary N) is 1. The highest BCUT2D eigenvalue weighted by Crippen LogP contribution is 2.34. The van der Waals surface area contributed by atoms with E-state index < -0.39 is 11.9 Å². The number of rotatable bonds is 6. The molecule has 5 nitrogen and oxygen atoms in total. The number of esters is 1. The van der Waals surface area contributed by atoms with E-state index in [1.54, 1.807) is 25.1 Å². The second-order valence-electron chi connectivity index (χ2n) is 5.57. The molecule has 1 aromatic carbocycles. The first-order chi connectivity index (χ1) is 11.9. The number of hydrogen-bond acceptors (Lipinski definition) is 5. The number of benzene rings is 1. The van der Waals surface area contributed by atoms with Crippen LogP contribution in [0.2, 0.25) is 5.02 Å². The number of carbonyl (C=O) groups excluding carboxylic acids is 2. The Hall–Kier alpha value is -2.05. The highest BCUT2D eigenvalue weighted by molar-refractivity contribution is 7.16. The number of anilines is 1. The van der Waals surface area contributed by atoms with Gasteiger partial charge in [-0.3, -0.25) is 4.79 Å². The van der Waals surface area contributed by atoms with Gasteiger partial charge in [0, 0.05) is 9.90 Å². The summed E-state index contributed by atoms with van der Waals surface area (Å²) < 4.78 is 10.3. The van der Waals surface area contributed by atoms with Crippen molar-refractivity contribution < 1.29 is 19.1 Å². The number of hydrogen-bond donors (Lipinski definition) is 1. The summed E-state index contributed by atoms with van der Waals surface area (Å²) in [5.41, 5.74) is 0.647. The first-order valence-electron chi connectivity index (χ1n) is 7.83. The Balaban J connectivity index is 2.37. The molecule has 0 spiro atoms. The fourth-order valence-corrected chi connectivity index (χ4v) is 3.39.